The number of carbonyl (C=O) groups is 1. The Morgan fingerprint density at radius 2 is 1.88 bits per heavy atom. The Morgan fingerprint density at radius 3 is 2.54 bits per heavy atom. The van der Waals surface area contributed by atoms with Crippen molar-refractivity contribution in [3.63, 3.8) is 0 Å². The molecule has 1 aliphatic heterocycles. The van der Waals surface area contributed by atoms with Crippen LogP contribution in [0, 0.1) is 0 Å². The van der Waals surface area contributed by atoms with Crippen molar-refractivity contribution in [2.45, 2.75) is 18.6 Å². The second-order valence-corrected chi connectivity index (χ2v) is 6.12. The molecule has 0 bridgehead atoms. The van der Waals surface area contributed by atoms with E-state index in [-0.39, 0.29) is 11.9 Å². The van der Waals surface area contributed by atoms with Crippen LogP contribution < -0.4 is 15.2 Å². The number of halogens is 1. The fourth-order valence-corrected chi connectivity index (χ4v) is 3.20. The van der Waals surface area contributed by atoms with Gasteiger partial charge in [-0.15, -0.1) is 0 Å². The molecule has 3 rings (SSSR count). The Morgan fingerprint density at radius 1 is 1.12 bits per heavy atom. The van der Waals surface area contributed by atoms with Crippen LogP contribution in [-0.4, -0.2) is 31.1 Å². The van der Waals surface area contributed by atoms with Crippen molar-refractivity contribution in [3.05, 3.63) is 58.6 Å². The SMILES string of the molecule is COc1ccc(CN2C(=O)C(N)C2c2cccc(Cl)c2)cc1OC. The highest BCUT2D eigenvalue weighted by molar-refractivity contribution is 6.30. The van der Waals surface area contributed by atoms with Gasteiger partial charge >= 0.3 is 0 Å². The summed E-state index contributed by atoms with van der Waals surface area (Å²) in [6, 6.07) is 12.3. The second-order valence-electron chi connectivity index (χ2n) is 5.68. The minimum Gasteiger partial charge on any atom is -0.493 e. The van der Waals surface area contributed by atoms with Gasteiger partial charge in [-0.1, -0.05) is 29.8 Å². The van der Waals surface area contributed by atoms with Crippen molar-refractivity contribution in [3.8, 4) is 11.5 Å². The molecule has 1 fully saturated rings. The van der Waals surface area contributed by atoms with Crippen molar-refractivity contribution in [2.24, 2.45) is 5.73 Å². The van der Waals surface area contributed by atoms with Crippen LogP contribution in [0.4, 0.5) is 0 Å². The summed E-state index contributed by atoms with van der Waals surface area (Å²) in [6.45, 7) is 0.448. The first kappa shape index (κ1) is 16.6. The van der Waals surface area contributed by atoms with Crippen LogP contribution in [0.15, 0.2) is 42.5 Å². The standard InChI is InChI=1S/C18H19ClN2O3/c1-23-14-7-6-11(8-15(14)24-2)10-21-17(16(20)18(21)22)12-4-3-5-13(19)9-12/h3-9,16-17H,10,20H2,1-2H3. The minimum absolute atomic E-state index is 0.0743. The molecule has 1 heterocycles. The van der Waals surface area contributed by atoms with Crippen LogP contribution in [-0.2, 0) is 11.3 Å². The zero-order valence-electron chi connectivity index (χ0n) is 13.5. The molecular weight excluding hydrogens is 328 g/mol. The molecule has 2 aromatic carbocycles. The number of hydrogen-bond donors (Lipinski definition) is 1. The van der Waals surface area contributed by atoms with Crippen molar-refractivity contribution < 1.29 is 14.3 Å². The number of amides is 1. The molecule has 126 valence electrons. The summed E-state index contributed by atoms with van der Waals surface area (Å²) in [5.41, 5.74) is 7.90. The first-order valence-corrected chi connectivity index (χ1v) is 7.95. The van der Waals surface area contributed by atoms with Crippen molar-refractivity contribution in [2.75, 3.05) is 14.2 Å². The molecule has 2 N–H and O–H groups in total. The smallest absolute Gasteiger partial charge is 0.242 e. The third-order valence-electron chi connectivity index (χ3n) is 4.24. The number of nitrogens with zero attached hydrogens (tertiary/aromatic N) is 1. The monoisotopic (exact) mass is 346 g/mol. The van der Waals surface area contributed by atoms with E-state index in [1.807, 2.05) is 36.4 Å². The lowest BCUT2D eigenvalue weighted by Gasteiger charge is -2.46. The molecule has 1 aliphatic rings. The highest BCUT2D eigenvalue weighted by Gasteiger charge is 2.45. The Balaban J connectivity index is 1.84. The van der Waals surface area contributed by atoms with Gasteiger partial charge in [0.15, 0.2) is 11.5 Å². The molecule has 6 heteroatoms. The molecule has 1 saturated heterocycles. The number of likely N-dealkylation sites (tertiary alicyclic amines) is 1. The Labute approximate surface area is 145 Å². The Kier molecular flexibility index (Phi) is 4.64. The van der Waals surface area contributed by atoms with Gasteiger partial charge in [-0.05, 0) is 35.4 Å². The fourth-order valence-electron chi connectivity index (χ4n) is 3.01. The van der Waals surface area contributed by atoms with Crippen LogP contribution in [0.2, 0.25) is 5.02 Å². The second kappa shape index (κ2) is 6.71. The van der Waals surface area contributed by atoms with E-state index < -0.39 is 6.04 Å². The van der Waals surface area contributed by atoms with Crippen LogP contribution in [0.5, 0.6) is 11.5 Å². The molecule has 0 spiro atoms. The van der Waals surface area contributed by atoms with E-state index in [2.05, 4.69) is 0 Å². The summed E-state index contributed by atoms with van der Waals surface area (Å²) in [4.78, 5) is 14.0. The summed E-state index contributed by atoms with van der Waals surface area (Å²) in [6.07, 6.45) is 0. The molecule has 2 unspecified atom stereocenters. The lowest BCUT2D eigenvalue weighted by molar-refractivity contribution is -0.150. The van der Waals surface area contributed by atoms with E-state index in [0.717, 1.165) is 11.1 Å². The van der Waals surface area contributed by atoms with E-state index in [1.54, 1.807) is 25.2 Å². The van der Waals surface area contributed by atoms with Gasteiger partial charge in [0.1, 0.15) is 6.04 Å². The maximum atomic E-state index is 12.2. The zero-order chi connectivity index (χ0) is 17.3. The maximum Gasteiger partial charge on any atom is 0.242 e. The minimum atomic E-state index is -0.538. The first-order chi connectivity index (χ1) is 11.5. The average Bonchev–Trinajstić information content (AvgIpc) is 2.60. The summed E-state index contributed by atoms with van der Waals surface area (Å²) in [5.74, 6) is 1.21. The normalized spacial score (nSPS) is 19.8. The van der Waals surface area contributed by atoms with Gasteiger partial charge in [-0.2, -0.15) is 0 Å². The van der Waals surface area contributed by atoms with Gasteiger partial charge in [0.25, 0.3) is 0 Å². The average molecular weight is 347 g/mol. The highest BCUT2D eigenvalue weighted by Crippen LogP contribution is 2.37. The Bertz CT molecular complexity index is 766. The largest absolute Gasteiger partial charge is 0.493 e. The van der Waals surface area contributed by atoms with E-state index in [0.29, 0.717) is 23.1 Å². The molecule has 0 saturated carbocycles. The van der Waals surface area contributed by atoms with Crippen LogP contribution in [0.1, 0.15) is 17.2 Å². The molecule has 5 nitrogen and oxygen atoms in total. The molecule has 1 amide bonds. The van der Waals surface area contributed by atoms with E-state index in [1.165, 1.54) is 0 Å². The van der Waals surface area contributed by atoms with Crippen LogP contribution in [0.3, 0.4) is 0 Å². The fraction of sp³-hybridized carbons (Fsp3) is 0.278. The number of benzene rings is 2. The topological polar surface area (TPSA) is 64.8 Å². The van der Waals surface area contributed by atoms with Crippen LogP contribution >= 0.6 is 11.6 Å². The number of carbonyl (C=O) groups excluding carboxylic acids is 1. The van der Waals surface area contributed by atoms with E-state index in [9.17, 15) is 4.79 Å². The zero-order valence-corrected chi connectivity index (χ0v) is 14.3. The summed E-state index contributed by atoms with van der Waals surface area (Å²) < 4.78 is 10.6. The highest BCUT2D eigenvalue weighted by atomic mass is 35.5. The van der Waals surface area contributed by atoms with Crippen molar-refractivity contribution in [1.29, 1.82) is 0 Å². The lowest BCUT2D eigenvalue weighted by Crippen LogP contribution is -2.62. The van der Waals surface area contributed by atoms with E-state index >= 15 is 0 Å². The van der Waals surface area contributed by atoms with Gasteiger partial charge in [0.2, 0.25) is 5.91 Å². The predicted octanol–water partition coefficient (Wildman–Crippen LogP) is 2.77. The van der Waals surface area contributed by atoms with E-state index in [4.69, 9.17) is 26.8 Å². The van der Waals surface area contributed by atoms with Gasteiger partial charge in [-0.3, -0.25) is 4.79 Å². The molecule has 0 aliphatic carbocycles. The van der Waals surface area contributed by atoms with Gasteiger partial charge in [-0.25, -0.2) is 0 Å². The lowest BCUT2D eigenvalue weighted by atomic mass is 9.88. The summed E-state index contributed by atoms with van der Waals surface area (Å²) in [7, 11) is 3.17. The molecule has 0 aromatic heterocycles. The predicted molar refractivity (Wildman–Crippen MR) is 92.3 cm³/mol. The Hall–Kier alpha value is -2.24. The number of methoxy groups -OCH3 is 2. The van der Waals surface area contributed by atoms with Gasteiger partial charge in [0, 0.05) is 11.6 Å². The quantitative estimate of drug-likeness (QED) is 0.845. The molecule has 24 heavy (non-hydrogen) atoms. The summed E-state index contributed by atoms with van der Waals surface area (Å²) >= 11 is 6.06. The number of ether oxygens (including phenoxy) is 2. The molecule has 2 aromatic rings. The molecule has 2 atom stereocenters. The number of nitrogens with two attached hydrogens (primary N) is 1. The van der Waals surface area contributed by atoms with Crippen LogP contribution in [0.25, 0.3) is 0 Å². The van der Waals surface area contributed by atoms with Gasteiger partial charge in [0.05, 0.1) is 20.3 Å². The maximum absolute atomic E-state index is 12.2. The number of β-lactam (4-membered cyclic amide) rings is 1. The molecular formula is C18H19ClN2O3. The third-order valence-corrected chi connectivity index (χ3v) is 4.47. The van der Waals surface area contributed by atoms with Crippen molar-refractivity contribution in [1.82, 2.24) is 4.90 Å². The third kappa shape index (κ3) is 2.92. The van der Waals surface area contributed by atoms with Crippen molar-refractivity contribution >= 4 is 17.5 Å². The first-order valence-electron chi connectivity index (χ1n) is 7.57. The summed E-state index contributed by atoms with van der Waals surface area (Å²) in [5, 5.41) is 0.630. The molecule has 0 radical (unpaired) electrons. The van der Waals surface area contributed by atoms with Gasteiger partial charge < -0.3 is 20.1 Å². The number of rotatable bonds is 5. The number of hydrogen-bond acceptors (Lipinski definition) is 4.